The Balaban J connectivity index is 1.92. The zero-order valence-electron chi connectivity index (χ0n) is 12.6. The number of halogens is 1. The number of carbonyl (C=O) groups is 1. The highest BCUT2D eigenvalue weighted by Gasteiger charge is 2.26. The number of hydrogen-bond donors (Lipinski definition) is 2. The normalized spacial score (nSPS) is 15.6. The molecule has 0 bridgehead atoms. The number of ether oxygens (including phenoxy) is 1. The van der Waals surface area contributed by atoms with Crippen LogP contribution in [0.5, 0.6) is 5.75 Å². The Bertz CT molecular complexity index is 489. The molecule has 1 aliphatic carbocycles. The van der Waals surface area contributed by atoms with E-state index in [-0.39, 0.29) is 5.91 Å². The van der Waals surface area contributed by atoms with Gasteiger partial charge in [-0.3, -0.25) is 4.79 Å². The van der Waals surface area contributed by atoms with Gasteiger partial charge in [-0.2, -0.15) is 0 Å². The third-order valence-corrected chi connectivity index (χ3v) is 4.14. The third-order valence-electron chi connectivity index (χ3n) is 3.37. The molecule has 0 spiro atoms. The molecule has 0 radical (unpaired) electrons. The number of rotatable bonds is 8. The maximum Gasteiger partial charge on any atom is 0.260 e. The average molecular weight is 355 g/mol. The molecule has 0 heterocycles. The van der Waals surface area contributed by atoms with E-state index < -0.39 is 6.10 Å². The quantitative estimate of drug-likeness (QED) is 0.705. The lowest BCUT2D eigenvalue weighted by atomic mass is 10.2. The lowest BCUT2D eigenvalue weighted by Gasteiger charge is -2.16. The Kier molecular flexibility index (Phi) is 6.06. The average Bonchev–Trinajstić information content (AvgIpc) is 3.26. The predicted octanol–water partition coefficient (Wildman–Crippen LogP) is 2.99. The molecule has 1 fully saturated rings. The summed E-state index contributed by atoms with van der Waals surface area (Å²) in [4.78, 5) is 11.9. The fourth-order valence-electron chi connectivity index (χ4n) is 1.96. The van der Waals surface area contributed by atoms with Crippen LogP contribution in [0.15, 0.2) is 22.7 Å². The summed E-state index contributed by atoms with van der Waals surface area (Å²) in [5, 5.41) is 6.32. The maximum atomic E-state index is 11.9. The Morgan fingerprint density at radius 1 is 1.48 bits per heavy atom. The predicted molar refractivity (Wildman–Crippen MR) is 87.4 cm³/mol. The second-order valence-electron chi connectivity index (χ2n) is 5.47. The van der Waals surface area contributed by atoms with Crippen molar-refractivity contribution >= 4 is 21.8 Å². The van der Waals surface area contributed by atoms with Crippen molar-refractivity contribution in [2.75, 3.05) is 6.54 Å². The molecular formula is C16H23BrN2O2. The van der Waals surface area contributed by atoms with Gasteiger partial charge in [0.1, 0.15) is 5.75 Å². The molecule has 1 atom stereocenters. The monoisotopic (exact) mass is 354 g/mol. The van der Waals surface area contributed by atoms with Crippen molar-refractivity contribution in [2.45, 2.75) is 51.8 Å². The van der Waals surface area contributed by atoms with E-state index >= 15 is 0 Å². The van der Waals surface area contributed by atoms with Crippen LogP contribution in [-0.2, 0) is 11.3 Å². The summed E-state index contributed by atoms with van der Waals surface area (Å²) >= 11 is 3.54. The van der Waals surface area contributed by atoms with Crippen molar-refractivity contribution in [1.82, 2.24) is 10.6 Å². The Hall–Kier alpha value is -1.07. The van der Waals surface area contributed by atoms with E-state index in [0.29, 0.717) is 6.04 Å². The fourth-order valence-corrected chi connectivity index (χ4v) is 2.35. The lowest BCUT2D eigenvalue weighted by molar-refractivity contribution is -0.127. The summed E-state index contributed by atoms with van der Waals surface area (Å²) in [6, 6.07) is 6.19. The summed E-state index contributed by atoms with van der Waals surface area (Å²) in [5.74, 6) is 0.691. The number of carbonyl (C=O) groups excluding carboxylic acids is 1. The van der Waals surface area contributed by atoms with Gasteiger partial charge in [-0.25, -0.2) is 0 Å². The van der Waals surface area contributed by atoms with Gasteiger partial charge < -0.3 is 15.4 Å². The molecule has 4 nitrogen and oxygen atoms in total. The fraction of sp³-hybridized carbons (Fsp3) is 0.562. The van der Waals surface area contributed by atoms with Gasteiger partial charge in [0.2, 0.25) is 0 Å². The first kappa shape index (κ1) is 16.3. The molecular weight excluding hydrogens is 332 g/mol. The summed E-state index contributed by atoms with van der Waals surface area (Å²) < 4.78 is 6.80. The lowest BCUT2D eigenvalue weighted by Crippen LogP contribution is -2.37. The molecule has 0 saturated heterocycles. The van der Waals surface area contributed by atoms with E-state index in [1.54, 1.807) is 6.92 Å². The maximum absolute atomic E-state index is 11.9. The first-order valence-electron chi connectivity index (χ1n) is 7.56. The first-order valence-corrected chi connectivity index (χ1v) is 8.35. The van der Waals surface area contributed by atoms with Gasteiger partial charge in [-0.15, -0.1) is 0 Å². The van der Waals surface area contributed by atoms with E-state index in [9.17, 15) is 4.79 Å². The molecule has 1 unspecified atom stereocenters. The van der Waals surface area contributed by atoms with Crippen LogP contribution in [0.4, 0.5) is 0 Å². The molecule has 1 aliphatic rings. The highest BCUT2D eigenvalue weighted by molar-refractivity contribution is 9.10. The van der Waals surface area contributed by atoms with E-state index in [1.807, 2.05) is 18.2 Å². The van der Waals surface area contributed by atoms with E-state index in [0.717, 1.165) is 48.1 Å². The second-order valence-corrected chi connectivity index (χ2v) is 6.33. The Morgan fingerprint density at radius 3 is 2.90 bits per heavy atom. The second kappa shape index (κ2) is 7.80. The van der Waals surface area contributed by atoms with Crippen molar-refractivity contribution in [3.05, 3.63) is 28.2 Å². The smallest absolute Gasteiger partial charge is 0.260 e. The molecule has 21 heavy (non-hydrogen) atoms. The SMILES string of the molecule is CCCNCc1cc(OC(C)C(=O)NC2CC2)ccc1Br. The highest BCUT2D eigenvalue weighted by Crippen LogP contribution is 2.24. The van der Waals surface area contributed by atoms with Crippen molar-refractivity contribution in [1.29, 1.82) is 0 Å². The Morgan fingerprint density at radius 2 is 2.24 bits per heavy atom. The van der Waals surface area contributed by atoms with E-state index in [4.69, 9.17) is 4.74 Å². The molecule has 5 heteroatoms. The van der Waals surface area contributed by atoms with Crippen LogP contribution in [-0.4, -0.2) is 24.6 Å². The van der Waals surface area contributed by atoms with Crippen LogP contribution >= 0.6 is 15.9 Å². The molecule has 0 aliphatic heterocycles. The van der Waals surface area contributed by atoms with Crippen LogP contribution < -0.4 is 15.4 Å². The van der Waals surface area contributed by atoms with Crippen LogP contribution in [0.1, 0.15) is 38.7 Å². The molecule has 116 valence electrons. The Labute approximate surface area is 134 Å². The van der Waals surface area contributed by atoms with Crippen molar-refractivity contribution in [3.63, 3.8) is 0 Å². The summed E-state index contributed by atoms with van der Waals surface area (Å²) in [7, 11) is 0. The van der Waals surface area contributed by atoms with Gasteiger partial charge in [0.25, 0.3) is 5.91 Å². The van der Waals surface area contributed by atoms with Gasteiger partial charge >= 0.3 is 0 Å². The molecule has 1 aromatic rings. The zero-order chi connectivity index (χ0) is 15.2. The molecule has 0 aromatic heterocycles. The molecule has 1 amide bonds. The van der Waals surface area contributed by atoms with Crippen molar-refractivity contribution in [3.8, 4) is 5.75 Å². The summed E-state index contributed by atoms with van der Waals surface area (Å²) in [6.45, 7) is 5.70. The van der Waals surface area contributed by atoms with Crippen LogP contribution in [0.3, 0.4) is 0 Å². The first-order chi connectivity index (χ1) is 10.1. The van der Waals surface area contributed by atoms with Crippen LogP contribution in [0.25, 0.3) is 0 Å². The number of hydrogen-bond acceptors (Lipinski definition) is 3. The minimum atomic E-state index is -0.469. The molecule has 2 N–H and O–H groups in total. The van der Waals surface area contributed by atoms with Gasteiger partial charge in [-0.05, 0) is 56.5 Å². The van der Waals surface area contributed by atoms with Crippen molar-refractivity contribution < 1.29 is 9.53 Å². The standard InChI is InChI=1S/C16H23BrN2O2/c1-3-8-18-10-12-9-14(6-7-15(12)17)21-11(2)16(20)19-13-4-5-13/h6-7,9,11,13,18H,3-5,8,10H2,1-2H3,(H,19,20). The zero-order valence-corrected chi connectivity index (χ0v) is 14.2. The highest BCUT2D eigenvalue weighted by atomic mass is 79.9. The minimum Gasteiger partial charge on any atom is -0.481 e. The molecule has 1 aromatic carbocycles. The van der Waals surface area contributed by atoms with E-state index in [2.05, 4.69) is 33.5 Å². The van der Waals surface area contributed by atoms with Gasteiger partial charge in [0.05, 0.1) is 0 Å². The van der Waals surface area contributed by atoms with Gasteiger partial charge in [-0.1, -0.05) is 22.9 Å². The molecule has 2 rings (SSSR count). The summed E-state index contributed by atoms with van der Waals surface area (Å²) in [5.41, 5.74) is 1.13. The van der Waals surface area contributed by atoms with Crippen LogP contribution in [0.2, 0.25) is 0 Å². The van der Waals surface area contributed by atoms with Gasteiger partial charge in [0, 0.05) is 17.1 Å². The topological polar surface area (TPSA) is 50.4 Å². The summed E-state index contributed by atoms with van der Waals surface area (Å²) in [6.07, 6.45) is 2.81. The number of benzene rings is 1. The van der Waals surface area contributed by atoms with Crippen LogP contribution in [0, 0.1) is 0 Å². The number of amides is 1. The number of nitrogens with one attached hydrogen (secondary N) is 2. The largest absolute Gasteiger partial charge is 0.481 e. The van der Waals surface area contributed by atoms with Crippen molar-refractivity contribution in [2.24, 2.45) is 0 Å². The third kappa shape index (κ3) is 5.32. The van der Waals surface area contributed by atoms with Gasteiger partial charge in [0.15, 0.2) is 6.10 Å². The minimum absolute atomic E-state index is 0.0360. The molecule has 1 saturated carbocycles. The van der Waals surface area contributed by atoms with E-state index in [1.165, 1.54) is 0 Å².